The Balaban J connectivity index is 1.70. The molecule has 5 heteroatoms. The normalized spacial score (nSPS) is 11.7. The SMILES string of the molecule is CC(C)(c1ccccc1)c1cc(Cc2ccccc2)c(O)c(-n2nc3ccc(Cl)cc3n2)c1. The van der Waals surface area contributed by atoms with Gasteiger partial charge in [0.25, 0.3) is 0 Å². The highest BCUT2D eigenvalue weighted by molar-refractivity contribution is 6.31. The summed E-state index contributed by atoms with van der Waals surface area (Å²) in [6, 6.07) is 30.0. The average Bonchev–Trinajstić information content (AvgIpc) is 3.24. The van der Waals surface area contributed by atoms with Crippen molar-refractivity contribution < 1.29 is 5.11 Å². The third kappa shape index (κ3) is 4.10. The highest BCUT2D eigenvalue weighted by atomic mass is 35.5. The van der Waals surface area contributed by atoms with Crippen LogP contribution in [0, 0.1) is 0 Å². The van der Waals surface area contributed by atoms with Crippen LogP contribution >= 0.6 is 11.6 Å². The molecule has 4 aromatic carbocycles. The Morgan fingerprint density at radius 1 is 0.788 bits per heavy atom. The number of rotatable bonds is 5. The van der Waals surface area contributed by atoms with Crippen molar-refractivity contribution in [1.82, 2.24) is 15.0 Å². The minimum Gasteiger partial charge on any atom is -0.505 e. The number of aromatic nitrogens is 3. The van der Waals surface area contributed by atoms with E-state index in [1.165, 1.54) is 10.4 Å². The predicted octanol–water partition coefficient (Wildman–Crippen LogP) is 6.70. The van der Waals surface area contributed by atoms with Crippen LogP contribution in [-0.4, -0.2) is 20.1 Å². The van der Waals surface area contributed by atoms with E-state index in [1.807, 2.05) is 36.4 Å². The van der Waals surface area contributed by atoms with Gasteiger partial charge in [-0.05, 0) is 41.0 Å². The first-order valence-electron chi connectivity index (χ1n) is 10.9. The molecule has 0 aliphatic rings. The van der Waals surface area contributed by atoms with Gasteiger partial charge in [-0.25, -0.2) is 0 Å². The van der Waals surface area contributed by atoms with Gasteiger partial charge in [0.1, 0.15) is 22.5 Å². The van der Waals surface area contributed by atoms with Gasteiger partial charge >= 0.3 is 0 Å². The largest absolute Gasteiger partial charge is 0.505 e. The van der Waals surface area contributed by atoms with Crippen molar-refractivity contribution in [2.75, 3.05) is 0 Å². The van der Waals surface area contributed by atoms with E-state index in [4.69, 9.17) is 11.6 Å². The van der Waals surface area contributed by atoms with Crippen molar-refractivity contribution in [2.45, 2.75) is 25.7 Å². The number of phenols is 1. The summed E-state index contributed by atoms with van der Waals surface area (Å²) < 4.78 is 0. The number of hydrogen-bond donors (Lipinski definition) is 1. The molecule has 0 aliphatic carbocycles. The Labute approximate surface area is 198 Å². The lowest BCUT2D eigenvalue weighted by Gasteiger charge is -2.28. The molecule has 0 saturated heterocycles. The molecule has 0 amide bonds. The molecule has 0 spiro atoms. The van der Waals surface area contributed by atoms with E-state index in [0.717, 1.165) is 22.2 Å². The average molecular weight is 454 g/mol. The maximum absolute atomic E-state index is 11.3. The van der Waals surface area contributed by atoms with Gasteiger partial charge in [-0.15, -0.1) is 15.0 Å². The van der Waals surface area contributed by atoms with Gasteiger partial charge < -0.3 is 5.11 Å². The number of nitrogens with zero attached hydrogens (tertiary/aromatic N) is 3. The lowest BCUT2D eigenvalue weighted by molar-refractivity contribution is 0.460. The van der Waals surface area contributed by atoms with E-state index >= 15 is 0 Å². The predicted molar refractivity (Wildman–Crippen MR) is 133 cm³/mol. The summed E-state index contributed by atoms with van der Waals surface area (Å²) in [5, 5.41) is 21.1. The fraction of sp³-hybridized carbons (Fsp3) is 0.143. The second-order valence-corrected chi connectivity index (χ2v) is 9.22. The molecule has 0 aliphatic heterocycles. The third-order valence-corrected chi connectivity index (χ3v) is 6.42. The molecule has 0 atom stereocenters. The molecule has 164 valence electrons. The highest BCUT2D eigenvalue weighted by Gasteiger charge is 2.26. The topological polar surface area (TPSA) is 50.9 Å². The monoisotopic (exact) mass is 453 g/mol. The van der Waals surface area contributed by atoms with Crippen LogP contribution in [0.4, 0.5) is 0 Å². The number of halogens is 1. The van der Waals surface area contributed by atoms with Crippen molar-refractivity contribution in [3.63, 3.8) is 0 Å². The van der Waals surface area contributed by atoms with Crippen LogP contribution in [0.3, 0.4) is 0 Å². The first-order valence-corrected chi connectivity index (χ1v) is 11.3. The van der Waals surface area contributed by atoms with Crippen LogP contribution in [0.2, 0.25) is 5.02 Å². The smallest absolute Gasteiger partial charge is 0.146 e. The molecule has 5 aromatic rings. The van der Waals surface area contributed by atoms with Gasteiger partial charge in [0, 0.05) is 22.4 Å². The Hall–Kier alpha value is -3.63. The first kappa shape index (κ1) is 21.2. The molecule has 0 bridgehead atoms. The number of aromatic hydroxyl groups is 1. The fourth-order valence-electron chi connectivity index (χ4n) is 4.16. The molecular weight excluding hydrogens is 430 g/mol. The zero-order valence-corrected chi connectivity index (χ0v) is 19.3. The third-order valence-electron chi connectivity index (χ3n) is 6.18. The van der Waals surface area contributed by atoms with Gasteiger partial charge in [0.2, 0.25) is 0 Å². The molecule has 4 nitrogen and oxygen atoms in total. The second-order valence-electron chi connectivity index (χ2n) is 8.78. The fourth-order valence-corrected chi connectivity index (χ4v) is 4.32. The quantitative estimate of drug-likeness (QED) is 0.322. The number of hydrogen-bond acceptors (Lipinski definition) is 3. The maximum Gasteiger partial charge on any atom is 0.146 e. The molecule has 1 heterocycles. The van der Waals surface area contributed by atoms with Gasteiger partial charge in [-0.3, -0.25) is 0 Å². The minimum absolute atomic E-state index is 0.179. The van der Waals surface area contributed by atoms with Crippen LogP contribution < -0.4 is 0 Å². The first-order chi connectivity index (χ1) is 15.9. The number of fused-ring (bicyclic) bond motifs is 1. The van der Waals surface area contributed by atoms with E-state index in [-0.39, 0.29) is 11.2 Å². The summed E-state index contributed by atoms with van der Waals surface area (Å²) in [4.78, 5) is 1.51. The van der Waals surface area contributed by atoms with Crippen molar-refractivity contribution in [2.24, 2.45) is 0 Å². The van der Waals surface area contributed by atoms with Crippen LogP contribution in [0.1, 0.15) is 36.1 Å². The van der Waals surface area contributed by atoms with Gasteiger partial charge in [0.05, 0.1) is 0 Å². The Morgan fingerprint density at radius 2 is 1.45 bits per heavy atom. The molecule has 0 unspecified atom stereocenters. The van der Waals surface area contributed by atoms with Crippen molar-refractivity contribution in [1.29, 1.82) is 0 Å². The van der Waals surface area contributed by atoms with Crippen LogP contribution in [0.5, 0.6) is 5.75 Å². The number of phenolic OH excluding ortho intramolecular Hbond substituents is 1. The van der Waals surface area contributed by atoms with E-state index in [0.29, 0.717) is 22.6 Å². The molecule has 0 radical (unpaired) electrons. The van der Waals surface area contributed by atoms with Crippen LogP contribution in [-0.2, 0) is 11.8 Å². The molecule has 0 fully saturated rings. The lowest BCUT2D eigenvalue weighted by Crippen LogP contribution is -2.20. The van der Waals surface area contributed by atoms with E-state index < -0.39 is 0 Å². The molecule has 1 aromatic heterocycles. The standard InChI is InChI=1S/C28H24ClN3O/c1-28(2,21-11-7-4-8-12-21)22-16-20(15-19-9-5-3-6-10-19)27(33)26(17-22)32-30-24-14-13-23(29)18-25(24)31-32/h3-14,16-18,33H,15H2,1-2H3. The zero-order valence-electron chi connectivity index (χ0n) is 18.5. The Kier molecular flexibility index (Phi) is 5.39. The van der Waals surface area contributed by atoms with Gasteiger partial charge in [-0.2, -0.15) is 0 Å². The van der Waals surface area contributed by atoms with E-state index in [9.17, 15) is 5.11 Å². The van der Waals surface area contributed by atoms with Crippen molar-refractivity contribution in [3.8, 4) is 11.4 Å². The second kappa shape index (κ2) is 8.38. The molecule has 5 rings (SSSR count). The van der Waals surface area contributed by atoms with Crippen molar-refractivity contribution in [3.05, 3.63) is 118 Å². The summed E-state index contributed by atoms with van der Waals surface area (Å²) in [7, 11) is 0. The summed E-state index contributed by atoms with van der Waals surface area (Å²) in [6.07, 6.45) is 0.602. The molecule has 1 N–H and O–H groups in total. The van der Waals surface area contributed by atoms with E-state index in [2.05, 4.69) is 66.5 Å². The number of benzene rings is 4. The van der Waals surface area contributed by atoms with Crippen molar-refractivity contribution >= 4 is 22.6 Å². The van der Waals surface area contributed by atoms with E-state index in [1.54, 1.807) is 12.1 Å². The lowest BCUT2D eigenvalue weighted by atomic mass is 9.77. The van der Waals surface area contributed by atoms with Crippen LogP contribution in [0.15, 0.2) is 91.0 Å². The minimum atomic E-state index is -0.287. The molecule has 0 saturated carbocycles. The zero-order chi connectivity index (χ0) is 23.0. The van der Waals surface area contributed by atoms with Gasteiger partial charge in [-0.1, -0.05) is 92.2 Å². The summed E-state index contributed by atoms with van der Waals surface area (Å²) in [5.74, 6) is 0.179. The van der Waals surface area contributed by atoms with Crippen LogP contribution in [0.25, 0.3) is 16.7 Å². The molecule has 33 heavy (non-hydrogen) atoms. The summed E-state index contributed by atoms with van der Waals surface area (Å²) in [6.45, 7) is 4.38. The molecular formula is C28H24ClN3O. The highest BCUT2D eigenvalue weighted by Crippen LogP contribution is 2.38. The summed E-state index contributed by atoms with van der Waals surface area (Å²) >= 11 is 6.15. The Bertz CT molecular complexity index is 1430. The summed E-state index contributed by atoms with van der Waals surface area (Å²) in [5.41, 5.74) is 5.89. The van der Waals surface area contributed by atoms with Gasteiger partial charge in [0.15, 0.2) is 0 Å². The maximum atomic E-state index is 11.3. The Morgan fingerprint density at radius 3 is 2.18 bits per heavy atom.